The molecule has 0 aliphatic heterocycles. The number of benzene rings is 2. The van der Waals surface area contributed by atoms with Crippen molar-refractivity contribution in [2.45, 2.75) is 57.2 Å². The molecule has 0 saturated heterocycles. The van der Waals surface area contributed by atoms with Crippen molar-refractivity contribution in [3.8, 4) is 16.9 Å². The van der Waals surface area contributed by atoms with Crippen LogP contribution in [0.5, 0.6) is 5.75 Å². The smallest absolute Gasteiger partial charge is 0.255 e. The molecule has 10 heteroatoms. The molecule has 2 aromatic carbocycles. The topological polar surface area (TPSA) is 187 Å². The van der Waals surface area contributed by atoms with Crippen molar-refractivity contribution in [2.24, 2.45) is 23.3 Å². The van der Waals surface area contributed by atoms with E-state index < -0.39 is 58.0 Å². The molecular formula is C32H37N3O7. The Labute approximate surface area is 243 Å². The number of primary amides is 1. The number of fused-ring (bicyclic) bond motifs is 3. The van der Waals surface area contributed by atoms with Gasteiger partial charge in [0.1, 0.15) is 22.8 Å². The SMILES string of the molecule is CN(C)C1C(=O)C(C(N)=O)=C(O)[C@@]2(O)C(=O)C3=C(O)c4c(O)c(CN)cc(-c5ccc(C(C)(C)C)cc5)c4C[C@H]3C[C@@H]12. The van der Waals surface area contributed by atoms with Crippen molar-refractivity contribution in [3.63, 3.8) is 0 Å². The molecule has 3 aliphatic rings. The lowest BCUT2D eigenvalue weighted by Gasteiger charge is -2.50. The second-order valence-corrected chi connectivity index (χ2v) is 12.8. The minimum atomic E-state index is -2.68. The summed E-state index contributed by atoms with van der Waals surface area (Å²) in [6.07, 6.45) is 0.219. The highest BCUT2D eigenvalue weighted by atomic mass is 16.3. The van der Waals surface area contributed by atoms with E-state index in [0.717, 1.165) is 16.7 Å². The lowest BCUT2D eigenvalue weighted by molar-refractivity contribution is -0.153. The molecule has 4 atom stereocenters. The van der Waals surface area contributed by atoms with Gasteiger partial charge in [-0.2, -0.15) is 0 Å². The van der Waals surface area contributed by atoms with Gasteiger partial charge in [0.05, 0.1) is 11.6 Å². The third-order valence-electron chi connectivity index (χ3n) is 9.08. The van der Waals surface area contributed by atoms with E-state index in [2.05, 4.69) is 20.8 Å². The van der Waals surface area contributed by atoms with Crippen molar-refractivity contribution in [1.82, 2.24) is 4.90 Å². The van der Waals surface area contributed by atoms with Crippen LogP contribution in [0.1, 0.15) is 49.4 Å². The van der Waals surface area contributed by atoms with Crippen LogP contribution in [-0.2, 0) is 32.8 Å². The van der Waals surface area contributed by atoms with Crippen LogP contribution in [0.15, 0.2) is 47.2 Å². The number of phenols is 1. The molecule has 222 valence electrons. The number of nitrogens with two attached hydrogens (primary N) is 2. The molecule has 2 aromatic rings. The van der Waals surface area contributed by atoms with Crippen molar-refractivity contribution >= 4 is 23.2 Å². The minimum absolute atomic E-state index is 0.0214. The fraction of sp³-hybridized carbons (Fsp3) is 0.406. The highest BCUT2D eigenvalue weighted by Gasteiger charge is 2.64. The molecule has 3 aliphatic carbocycles. The number of carbonyl (C=O) groups is 3. The predicted octanol–water partition coefficient (Wildman–Crippen LogP) is 2.39. The second-order valence-electron chi connectivity index (χ2n) is 12.8. The molecule has 0 aromatic heterocycles. The van der Waals surface area contributed by atoms with Gasteiger partial charge in [-0.1, -0.05) is 45.0 Å². The van der Waals surface area contributed by atoms with Gasteiger partial charge >= 0.3 is 0 Å². The minimum Gasteiger partial charge on any atom is -0.508 e. The summed E-state index contributed by atoms with van der Waals surface area (Å²) in [4.78, 5) is 41.1. The summed E-state index contributed by atoms with van der Waals surface area (Å²) < 4.78 is 0. The second kappa shape index (κ2) is 9.79. The Bertz CT molecular complexity index is 1600. The van der Waals surface area contributed by atoms with E-state index in [1.54, 1.807) is 20.2 Å². The largest absolute Gasteiger partial charge is 0.508 e. The molecule has 0 bridgehead atoms. The Kier molecular flexibility index (Phi) is 6.88. The van der Waals surface area contributed by atoms with Crippen LogP contribution in [0.2, 0.25) is 0 Å². The predicted molar refractivity (Wildman–Crippen MR) is 156 cm³/mol. The van der Waals surface area contributed by atoms with Crippen molar-refractivity contribution in [1.29, 1.82) is 0 Å². The van der Waals surface area contributed by atoms with Crippen molar-refractivity contribution in [2.75, 3.05) is 14.1 Å². The van der Waals surface area contributed by atoms with Gasteiger partial charge in [-0.15, -0.1) is 0 Å². The van der Waals surface area contributed by atoms with Crippen LogP contribution in [-0.4, -0.2) is 68.5 Å². The zero-order valence-electron chi connectivity index (χ0n) is 24.4. The lowest BCUT2D eigenvalue weighted by Crippen LogP contribution is -2.65. The number of carbonyl (C=O) groups excluding carboxylic acids is 3. The number of hydrogen-bond donors (Lipinski definition) is 6. The third-order valence-corrected chi connectivity index (χ3v) is 9.08. The summed E-state index contributed by atoms with van der Waals surface area (Å²) in [7, 11) is 3.14. The first-order chi connectivity index (χ1) is 19.5. The van der Waals surface area contributed by atoms with E-state index >= 15 is 0 Å². The monoisotopic (exact) mass is 575 g/mol. The Morgan fingerprint density at radius 3 is 2.24 bits per heavy atom. The van der Waals surface area contributed by atoms with Gasteiger partial charge in [-0.25, -0.2) is 0 Å². The Balaban J connectivity index is 1.74. The first kappa shape index (κ1) is 29.5. The summed E-state index contributed by atoms with van der Waals surface area (Å²) in [5, 5.41) is 45.6. The van der Waals surface area contributed by atoms with Crippen LogP contribution in [0.4, 0.5) is 0 Å². The van der Waals surface area contributed by atoms with Crippen molar-refractivity contribution < 1.29 is 34.8 Å². The first-order valence-corrected chi connectivity index (χ1v) is 13.9. The maximum absolute atomic E-state index is 14.1. The zero-order chi connectivity index (χ0) is 31.0. The summed E-state index contributed by atoms with van der Waals surface area (Å²) >= 11 is 0. The van der Waals surface area contributed by atoms with Gasteiger partial charge in [0.2, 0.25) is 5.78 Å². The molecular weight excluding hydrogens is 538 g/mol. The molecule has 5 rings (SSSR count). The average molecular weight is 576 g/mol. The van der Waals surface area contributed by atoms with Crippen molar-refractivity contribution in [3.05, 3.63) is 69.5 Å². The lowest BCUT2D eigenvalue weighted by atomic mass is 9.57. The number of aromatic hydroxyl groups is 1. The van der Waals surface area contributed by atoms with Crippen LogP contribution in [0.3, 0.4) is 0 Å². The van der Waals surface area contributed by atoms with Crippen LogP contribution < -0.4 is 11.5 Å². The molecule has 0 spiro atoms. The maximum atomic E-state index is 14.1. The van der Waals surface area contributed by atoms with Gasteiger partial charge in [0.25, 0.3) is 5.91 Å². The number of ketones is 2. The molecule has 1 unspecified atom stereocenters. The summed E-state index contributed by atoms with van der Waals surface area (Å²) in [6.45, 7) is 6.28. The maximum Gasteiger partial charge on any atom is 0.255 e. The number of aliphatic hydroxyl groups is 3. The van der Waals surface area contributed by atoms with E-state index in [1.807, 2.05) is 24.3 Å². The molecule has 8 N–H and O–H groups in total. The molecule has 1 amide bonds. The normalized spacial score (nSPS) is 25.9. The molecule has 1 saturated carbocycles. The van der Waals surface area contributed by atoms with Gasteiger partial charge in [-0.05, 0) is 66.6 Å². The highest BCUT2D eigenvalue weighted by molar-refractivity contribution is 6.24. The Morgan fingerprint density at radius 1 is 1.10 bits per heavy atom. The van der Waals surface area contributed by atoms with Gasteiger partial charge < -0.3 is 31.9 Å². The van der Waals surface area contributed by atoms with E-state index in [0.29, 0.717) is 11.1 Å². The molecule has 0 heterocycles. The van der Waals surface area contributed by atoms with E-state index in [-0.39, 0.29) is 41.7 Å². The fourth-order valence-corrected chi connectivity index (χ4v) is 6.93. The van der Waals surface area contributed by atoms with Gasteiger partial charge in [0.15, 0.2) is 11.4 Å². The molecule has 0 radical (unpaired) electrons. The van der Waals surface area contributed by atoms with Crippen LogP contribution in [0, 0.1) is 11.8 Å². The average Bonchev–Trinajstić information content (AvgIpc) is 2.90. The molecule has 10 nitrogen and oxygen atoms in total. The number of nitrogens with zero attached hydrogens (tertiary/aromatic N) is 1. The van der Waals surface area contributed by atoms with E-state index in [1.165, 1.54) is 4.90 Å². The third kappa shape index (κ3) is 4.08. The van der Waals surface area contributed by atoms with E-state index in [4.69, 9.17) is 11.5 Å². The number of phenolic OH excluding ortho intramolecular Hbond substituents is 1. The zero-order valence-corrected chi connectivity index (χ0v) is 24.4. The Morgan fingerprint density at radius 2 is 1.71 bits per heavy atom. The highest BCUT2D eigenvalue weighted by Crippen LogP contribution is 2.54. The number of rotatable bonds is 4. The Hall–Kier alpha value is -3.99. The summed E-state index contributed by atoms with van der Waals surface area (Å²) in [5.41, 5.74) is 11.2. The molecule has 42 heavy (non-hydrogen) atoms. The number of hydrogen-bond acceptors (Lipinski definition) is 9. The fourth-order valence-electron chi connectivity index (χ4n) is 6.93. The first-order valence-electron chi connectivity index (χ1n) is 13.9. The standard InChI is InChI=1S/C32H37N3O7/c1-31(2,3)17-8-6-14(7-9-17)18-11-16(13-33)25(36)22-19(18)10-15-12-20-24(35(4)5)27(38)23(30(34)41)29(40)32(20,42)28(39)21(15)26(22)37/h6-9,11,15,20,24,36-37,40,42H,10,12-13,33H2,1-5H3,(H2,34,41)/t15-,20-,24?,32-/m0/s1. The van der Waals surface area contributed by atoms with Crippen LogP contribution in [0.25, 0.3) is 16.9 Å². The molecule has 1 fully saturated rings. The summed E-state index contributed by atoms with van der Waals surface area (Å²) in [5.74, 6) is -6.83. The number of amides is 1. The van der Waals surface area contributed by atoms with Crippen LogP contribution >= 0.6 is 0 Å². The quantitative estimate of drug-likeness (QED) is 0.298. The van der Waals surface area contributed by atoms with E-state index in [9.17, 15) is 34.8 Å². The summed E-state index contributed by atoms with van der Waals surface area (Å²) in [6, 6.07) is 8.60. The van der Waals surface area contributed by atoms with Gasteiger partial charge in [0, 0.05) is 23.6 Å². The number of likely N-dealkylation sites (N-methyl/N-ethyl adjacent to an activating group) is 1. The van der Waals surface area contributed by atoms with Gasteiger partial charge in [-0.3, -0.25) is 19.3 Å². The number of aliphatic hydroxyl groups excluding tert-OH is 2. The number of Topliss-reactive ketones (excluding diaryl/α,β-unsaturated/α-hetero) is 2.